The van der Waals surface area contributed by atoms with Crippen LogP contribution < -0.4 is 0 Å². The van der Waals surface area contributed by atoms with Crippen molar-refractivity contribution in [2.24, 2.45) is 5.41 Å². The number of rotatable bonds is 2. The number of aromatic carboxylic acids is 1. The molecule has 0 aliphatic heterocycles. The van der Waals surface area contributed by atoms with Crippen LogP contribution in [0.15, 0.2) is 39.8 Å². The zero-order valence-corrected chi connectivity index (χ0v) is 12.7. The smallest absolute Gasteiger partial charge is 0.371 e. The molecule has 2 rings (SSSR count). The third kappa shape index (κ3) is 3.66. The topological polar surface area (TPSA) is 50.4 Å². The minimum atomic E-state index is -1.08. The van der Waals surface area contributed by atoms with Crippen molar-refractivity contribution in [1.29, 1.82) is 0 Å². The van der Waals surface area contributed by atoms with Gasteiger partial charge in [0.2, 0.25) is 5.76 Å². The van der Waals surface area contributed by atoms with Gasteiger partial charge in [-0.05, 0) is 61.3 Å². The zero-order valence-electron chi connectivity index (χ0n) is 12.7. The summed E-state index contributed by atoms with van der Waals surface area (Å²) in [7, 11) is 0. The molecule has 0 spiro atoms. The van der Waals surface area contributed by atoms with Gasteiger partial charge in [-0.25, -0.2) is 4.79 Å². The first kappa shape index (κ1) is 15.2. The summed E-state index contributed by atoms with van der Waals surface area (Å²) in [6.07, 6.45) is 7.47. The van der Waals surface area contributed by atoms with Crippen LogP contribution in [-0.4, -0.2) is 11.1 Å². The fraction of sp³-hybridized carbons (Fsp3) is 0.389. The van der Waals surface area contributed by atoms with Crippen LogP contribution in [0.4, 0.5) is 0 Å². The quantitative estimate of drug-likeness (QED) is 0.818. The average Bonchev–Trinajstić information content (AvgIpc) is 2.85. The Balaban J connectivity index is 2.12. The number of furan rings is 1. The van der Waals surface area contributed by atoms with Gasteiger partial charge in [-0.2, -0.15) is 0 Å². The Morgan fingerprint density at radius 3 is 2.81 bits per heavy atom. The van der Waals surface area contributed by atoms with Crippen LogP contribution >= 0.6 is 0 Å². The van der Waals surface area contributed by atoms with Crippen molar-refractivity contribution in [3.05, 3.63) is 47.0 Å². The lowest BCUT2D eigenvalue weighted by atomic mass is 9.73. The summed E-state index contributed by atoms with van der Waals surface area (Å²) in [6, 6.07) is 2.98. The molecule has 1 aromatic heterocycles. The Kier molecular flexibility index (Phi) is 4.37. The minimum Gasteiger partial charge on any atom is -0.475 e. The van der Waals surface area contributed by atoms with Crippen LogP contribution in [0.3, 0.4) is 0 Å². The molecule has 1 heterocycles. The molecule has 0 radical (unpaired) electrons. The van der Waals surface area contributed by atoms with Crippen molar-refractivity contribution in [2.75, 3.05) is 0 Å². The lowest BCUT2D eigenvalue weighted by molar-refractivity contribution is 0.0662. The van der Waals surface area contributed by atoms with Crippen LogP contribution in [-0.2, 0) is 0 Å². The van der Waals surface area contributed by atoms with Gasteiger partial charge in [0.1, 0.15) is 0 Å². The molecule has 0 bridgehead atoms. The number of carboxylic acid groups (broad SMARTS) is 1. The van der Waals surface area contributed by atoms with Crippen LogP contribution in [0.1, 0.15) is 56.3 Å². The van der Waals surface area contributed by atoms with Gasteiger partial charge in [0.25, 0.3) is 0 Å². The second-order valence-electron chi connectivity index (χ2n) is 6.00. The molecule has 0 fully saturated rings. The van der Waals surface area contributed by atoms with E-state index in [1.54, 1.807) is 6.07 Å². The van der Waals surface area contributed by atoms with Crippen molar-refractivity contribution >= 4 is 5.97 Å². The van der Waals surface area contributed by atoms with E-state index in [-0.39, 0.29) is 11.2 Å². The molecule has 0 atom stereocenters. The van der Waals surface area contributed by atoms with Crippen molar-refractivity contribution in [2.45, 2.75) is 40.0 Å². The fourth-order valence-corrected chi connectivity index (χ4v) is 2.77. The molecule has 1 N–H and O–H groups in total. The third-order valence-electron chi connectivity index (χ3n) is 3.89. The van der Waals surface area contributed by atoms with E-state index in [0.717, 1.165) is 6.42 Å². The normalized spacial score (nSPS) is 17.7. The fourth-order valence-electron chi connectivity index (χ4n) is 2.77. The first-order valence-electron chi connectivity index (χ1n) is 7.11. The molecule has 3 nitrogen and oxygen atoms in total. The zero-order chi connectivity index (χ0) is 15.5. The van der Waals surface area contributed by atoms with E-state index in [1.807, 2.05) is 6.08 Å². The maximum atomic E-state index is 10.7. The average molecular weight is 284 g/mol. The first-order valence-corrected chi connectivity index (χ1v) is 7.11. The van der Waals surface area contributed by atoms with E-state index < -0.39 is 5.97 Å². The molecular formula is C18H20O3. The van der Waals surface area contributed by atoms with E-state index in [2.05, 4.69) is 38.7 Å². The molecule has 21 heavy (non-hydrogen) atoms. The summed E-state index contributed by atoms with van der Waals surface area (Å²) in [5.74, 6) is 4.92. The molecule has 3 heteroatoms. The van der Waals surface area contributed by atoms with Crippen molar-refractivity contribution < 1.29 is 14.3 Å². The van der Waals surface area contributed by atoms with Gasteiger partial charge in [0, 0.05) is 0 Å². The molecule has 0 unspecified atom stereocenters. The number of hydrogen-bond acceptors (Lipinski definition) is 2. The summed E-state index contributed by atoms with van der Waals surface area (Å²) < 4.78 is 5.08. The van der Waals surface area contributed by atoms with Gasteiger partial charge in [-0.15, -0.1) is 0 Å². The molecule has 0 aromatic carbocycles. The van der Waals surface area contributed by atoms with Crippen molar-refractivity contribution in [3.63, 3.8) is 0 Å². The van der Waals surface area contributed by atoms with Gasteiger partial charge in [-0.3, -0.25) is 0 Å². The lowest BCUT2D eigenvalue weighted by Crippen LogP contribution is -2.18. The molecular weight excluding hydrogens is 264 g/mol. The maximum absolute atomic E-state index is 10.7. The predicted octanol–water partition coefficient (Wildman–Crippen LogP) is 4.41. The highest BCUT2D eigenvalue weighted by molar-refractivity contribution is 5.84. The van der Waals surface area contributed by atoms with Crippen LogP contribution in [0.5, 0.6) is 0 Å². The number of allylic oxidation sites excluding steroid dienone is 4. The predicted molar refractivity (Wildman–Crippen MR) is 82.0 cm³/mol. The number of carboxylic acids is 1. The Hall–Kier alpha value is -2.21. The molecule has 0 saturated heterocycles. The van der Waals surface area contributed by atoms with E-state index in [9.17, 15) is 4.79 Å². The van der Waals surface area contributed by atoms with E-state index in [4.69, 9.17) is 9.52 Å². The molecule has 110 valence electrons. The van der Waals surface area contributed by atoms with Crippen molar-refractivity contribution in [1.82, 2.24) is 0 Å². The van der Waals surface area contributed by atoms with E-state index in [1.165, 1.54) is 30.1 Å². The summed E-state index contributed by atoms with van der Waals surface area (Å²) in [4.78, 5) is 10.7. The third-order valence-corrected chi connectivity index (χ3v) is 3.89. The highest BCUT2D eigenvalue weighted by atomic mass is 16.4. The van der Waals surface area contributed by atoms with Crippen LogP contribution in [0.25, 0.3) is 0 Å². The summed E-state index contributed by atoms with van der Waals surface area (Å²) in [5, 5.41) is 8.76. The van der Waals surface area contributed by atoms with Crippen LogP contribution in [0.2, 0.25) is 0 Å². The van der Waals surface area contributed by atoms with E-state index >= 15 is 0 Å². The SMILES string of the molecule is CC1=C(/C=C/C#Cc2ccc(C(=O)O)o2)C(C)(C)CCC1. The standard InChI is InChI=1S/C18H20O3/c1-13-7-6-12-18(2,3)15(13)9-5-4-8-14-10-11-16(21-14)17(19)20/h5,9-11H,6-7,12H2,1-3H3,(H,19,20)/b9-5+. The Morgan fingerprint density at radius 1 is 1.43 bits per heavy atom. The number of hydrogen-bond donors (Lipinski definition) is 1. The first-order chi connectivity index (χ1) is 9.90. The van der Waals surface area contributed by atoms with Gasteiger partial charge in [0.15, 0.2) is 5.76 Å². The van der Waals surface area contributed by atoms with Gasteiger partial charge in [-0.1, -0.05) is 31.4 Å². The molecule has 0 saturated carbocycles. The molecule has 1 aromatic rings. The Bertz CT molecular complexity index is 660. The second-order valence-corrected chi connectivity index (χ2v) is 6.00. The monoisotopic (exact) mass is 284 g/mol. The second kappa shape index (κ2) is 6.05. The van der Waals surface area contributed by atoms with E-state index in [0.29, 0.717) is 5.76 Å². The lowest BCUT2D eigenvalue weighted by Gasteiger charge is -2.32. The Labute approximate surface area is 125 Å². The summed E-state index contributed by atoms with van der Waals surface area (Å²) in [5.41, 5.74) is 2.98. The van der Waals surface area contributed by atoms with Gasteiger partial charge >= 0.3 is 5.97 Å². The maximum Gasteiger partial charge on any atom is 0.371 e. The molecule has 0 amide bonds. The summed E-state index contributed by atoms with van der Waals surface area (Å²) in [6.45, 7) is 6.70. The van der Waals surface area contributed by atoms with Gasteiger partial charge in [0.05, 0.1) is 0 Å². The largest absolute Gasteiger partial charge is 0.475 e. The number of carbonyl (C=O) groups is 1. The van der Waals surface area contributed by atoms with Gasteiger partial charge < -0.3 is 9.52 Å². The highest BCUT2D eigenvalue weighted by Gasteiger charge is 2.26. The van der Waals surface area contributed by atoms with Crippen LogP contribution in [0, 0.1) is 17.3 Å². The minimum absolute atomic E-state index is 0.0877. The summed E-state index contributed by atoms with van der Waals surface area (Å²) >= 11 is 0. The molecule has 1 aliphatic carbocycles. The highest BCUT2D eigenvalue weighted by Crippen LogP contribution is 2.40. The Morgan fingerprint density at radius 2 is 2.19 bits per heavy atom. The van der Waals surface area contributed by atoms with Crippen molar-refractivity contribution in [3.8, 4) is 11.8 Å². The molecule has 1 aliphatic rings.